The molecule has 4 nitrogen and oxygen atoms in total. The fourth-order valence-corrected chi connectivity index (χ4v) is 4.08. The molecule has 1 fully saturated rings. The molecule has 2 unspecified atom stereocenters. The number of nitrogens with two attached hydrogens (primary N) is 1. The second-order valence-electron chi connectivity index (χ2n) is 6.06. The van der Waals surface area contributed by atoms with Gasteiger partial charge in [0.25, 0.3) is 5.91 Å². The van der Waals surface area contributed by atoms with Gasteiger partial charge >= 0.3 is 0 Å². The minimum atomic E-state index is 0. The molecule has 6 heteroatoms. The van der Waals surface area contributed by atoms with E-state index in [9.17, 15) is 4.79 Å². The lowest BCUT2D eigenvalue weighted by Gasteiger charge is -2.38. The number of nitrogens with zero attached hydrogens (tertiary/aromatic N) is 2. The number of hydrogen-bond acceptors (Lipinski definition) is 4. The third-order valence-electron chi connectivity index (χ3n) is 4.72. The number of aromatic nitrogens is 1. The lowest BCUT2D eigenvalue weighted by molar-refractivity contribution is 0.0640. The van der Waals surface area contributed by atoms with Crippen LogP contribution in [-0.4, -0.2) is 28.9 Å². The summed E-state index contributed by atoms with van der Waals surface area (Å²) in [6.45, 7) is 4.21. The molecule has 0 saturated carbocycles. The Morgan fingerprint density at radius 2 is 2.12 bits per heavy atom. The van der Waals surface area contributed by atoms with Crippen molar-refractivity contribution < 1.29 is 4.79 Å². The Kier molecular flexibility index (Phi) is 6.78. The molecule has 1 aliphatic rings. The number of amides is 1. The molecular formula is C18H24ClN3OS. The Hall–Kier alpha value is -1.43. The van der Waals surface area contributed by atoms with E-state index < -0.39 is 0 Å². The number of thiazole rings is 1. The van der Waals surface area contributed by atoms with Crippen LogP contribution in [0.15, 0.2) is 35.7 Å². The molecule has 130 valence electrons. The SMILES string of the molecule is CCC1CN(C(=O)c2csc(CN)n2)CCC1c1ccccc1.Cl. The first-order valence-electron chi connectivity index (χ1n) is 8.21. The van der Waals surface area contributed by atoms with Gasteiger partial charge in [0.1, 0.15) is 10.7 Å². The van der Waals surface area contributed by atoms with Gasteiger partial charge in [-0.15, -0.1) is 23.7 Å². The predicted molar refractivity (Wildman–Crippen MR) is 101 cm³/mol. The second kappa shape index (κ2) is 8.60. The summed E-state index contributed by atoms with van der Waals surface area (Å²) in [4.78, 5) is 19.0. The van der Waals surface area contributed by atoms with Crippen LogP contribution in [0, 0.1) is 5.92 Å². The molecule has 3 rings (SSSR count). The first kappa shape index (κ1) is 18.9. The second-order valence-corrected chi connectivity index (χ2v) is 7.00. The minimum absolute atomic E-state index is 0. The predicted octanol–water partition coefficient (Wildman–Crippen LogP) is 3.68. The number of piperidine rings is 1. The zero-order valence-corrected chi connectivity index (χ0v) is 15.5. The molecular weight excluding hydrogens is 342 g/mol. The maximum absolute atomic E-state index is 12.7. The van der Waals surface area contributed by atoms with Crippen LogP contribution in [0.3, 0.4) is 0 Å². The van der Waals surface area contributed by atoms with Gasteiger partial charge in [0.15, 0.2) is 0 Å². The molecule has 2 N–H and O–H groups in total. The molecule has 2 heterocycles. The quantitative estimate of drug-likeness (QED) is 0.899. The van der Waals surface area contributed by atoms with Gasteiger partial charge in [-0.05, 0) is 23.8 Å². The fraction of sp³-hybridized carbons (Fsp3) is 0.444. The molecule has 0 spiro atoms. The number of carbonyl (C=O) groups excluding carboxylic acids is 1. The Morgan fingerprint density at radius 1 is 1.38 bits per heavy atom. The van der Waals surface area contributed by atoms with Crippen LogP contribution < -0.4 is 5.73 Å². The maximum Gasteiger partial charge on any atom is 0.273 e. The van der Waals surface area contributed by atoms with Crippen molar-refractivity contribution in [1.82, 2.24) is 9.88 Å². The molecule has 0 bridgehead atoms. The van der Waals surface area contributed by atoms with Crippen molar-refractivity contribution in [3.63, 3.8) is 0 Å². The number of carbonyl (C=O) groups is 1. The topological polar surface area (TPSA) is 59.2 Å². The van der Waals surface area contributed by atoms with Crippen LogP contribution >= 0.6 is 23.7 Å². The summed E-state index contributed by atoms with van der Waals surface area (Å²) in [5.74, 6) is 1.09. The summed E-state index contributed by atoms with van der Waals surface area (Å²) in [7, 11) is 0. The minimum Gasteiger partial charge on any atom is -0.337 e. The smallest absolute Gasteiger partial charge is 0.273 e. The van der Waals surface area contributed by atoms with E-state index in [1.165, 1.54) is 16.9 Å². The first-order valence-corrected chi connectivity index (χ1v) is 9.09. The molecule has 0 aliphatic carbocycles. The van der Waals surface area contributed by atoms with Gasteiger partial charge in [-0.3, -0.25) is 4.79 Å². The molecule has 1 aliphatic heterocycles. The Bertz CT molecular complexity index is 661. The number of hydrogen-bond donors (Lipinski definition) is 1. The van der Waals surface area contributed by atoms with E-state index in [-0.39, 0.29) is 18.3 Å². The van der Waals surface area contributed by atoms with Crippen LogP contribution in [0.1, 0.15) is 46.7 Å². The van der Waals surface area contributed by atoms with Crippen molar-refractivity contribution >= 4 is 29.7 Å². The van der Waals surface area contributed by atoms with Crippen molar-refractivity contribution in [1.29, 1.82) is 0 Å². The van der Waals surface area contributed by atoms with E-state index in [2.05, 4.69) is 42.2 Å². The van der Waals surface area contributed by atoms with Crippen LogP contribution in [0.25, 0.3) is 0 Å². The van der Waals surface area contributed by atoms with Crippen molar-refractivity contribution in [3.05, 3.63) is 52.0 Å². The summed E-state index contributed by atoms with van der Waals surface area (Å²) in [5, 5.41) is 2.65. The van der Waals surface area contributed by atoms with Gasteiger partial charge in [-0.1, -0.05) is 43.7 Å². The number of benzene rings is 1. The highest BCUT2D eigenvalue weighted by Gasteiger charge is 2.32. The molecule has 2 aromatic rings. The lowest BCUT2D eigenvalue weighted by atomic mass is 9.79. The van der Waals surface area contributed by atoms with Crippen LogP contribution in [0.5, 0.6) is 0 Å². The third-order valence-corrected chi connectivity index (χ3v) is 5.59. The summed E-state index contributed by atoms with van der Waals surface area (Å²) in [6, 6.07) is 10.7. The van der Waals surface area contributed by atoms with Crippen molar-refractivity contribution in [2.45, 2.75) is 32.2 Å². The zero-order chi connectivity index (χ0) is 16.2. The Morgan fingerprint density at radius 3 is 2.75 bits per heavy atom. The van der Waals surface area contributed by atoms with Crippen molar-refractivity contribution in [3.8, 4) is 0 Å². The molecule has 1 aromatic heterocycles. The van der Waals surface area contributed by atoms with E-state index >= 15 is 0 Å². The van der Waals surface area contributed by atoms with Crippen molar-refractivity contribution in [2.75, 3.05) is 13.1 Å². The summed E-state index contributed by atoms with van der Waals surface area (Å²) >= 11 is 1.46. The van der Waals surface area contributed by atoms with E-state index in [4.69, 9.17) is 5.73 Å². The van der Waals surface area contributed by atoms with Crippen molar-refractivity contribution in [2.24, 2.45) is 11.7 Å². The summed E-state index contributed by atoms with van der Waals surface area (Å²) < 4.78 is 0. The monoisotopic (exact) mass is 365 g/mol. The largest absolute Gasteiger partial charge is 0.337 e. The maximum atomic E-state index is 12.7. The van der Waals surface area contributed by atoms with E-state index in [0.717, 1.165) is 30.9 Å². The number of halogens is 1. The molecule has 1 aromatic carbocycles. The highest BCUT2D eigenvalue weighted by atomic mass is 35.5. The molecule has 2 atom stereocenters. The number of rotatable bonds is 4. The highest BCUT2D eigenvalue weighted by Crippen LogP contribution is 2.35. The first-order chi connectivity index (χ1) is 11.2. The van der Waals surface area contributed by atoms with Gasteiger partial charge in [0.05, 0.1) is 0 Å². The van der Waals surface area contributed by atoms with Crippen LogP contribution in [0.2, 0.25) is 0 Å². The van der Waals surface area contributed by atoms with E-state index in [1.54, 1.807) is 0 Å². The zero-order valence-electron chi connectivity index (χ0n) is 13.9. The highest BCUT2D eigenvalue weighted by molar-refractivity contribution is 7.09. The molecule has 24 heavy (non-hydrogen) atoms. The van der Waals surface area contributed by atoms with E-state index in [1.807, 2.05) is 10.3 Å². The third kappa shape index (κ3) is 3.97. The number of likely N-dealkylation sites (tertiary alicyclic amines) is 1. The van der Waals surface area contributed by atoms with Crippen LogP contribution in [-0.2, 0) is 6.54 Å². The van der Waals surface area contributed by atoms with Gasteiger partial charge in [0, 0.05) is 25.0 Å². The average molecular weight is 366 g/mol. The standard InChI is InChI=1S/C18H23N3OS.ClH/c1-2-13-11-21(18(22)16-12-23-17(10-19)20-16)9-8-15(13)14-6-4-3-5-7-14;/h3-7,12-13,15H,2,8-11,19H2,1H3;1H. The molecule has 1 amide bonds. The molecule has 0 radical (unpaired) electrons. The van der Waals surface area contributed by atoms with Gasteiger partial charge in [-0.2, -0.15) is 0 Å². The Balaban J connectivity index is 0.00000208. The van der Waals surface area contributed by atoms with Gasteiger partial charge < -0.3 is 10.6 Å². The van der Waals surface area contributed by atoms with Crippen LogP contribution in [0.4, 0.5) is 0 Å². The summed E-state index contributed by atoms with van der Waals surface area (Å²) in [5.41, 5.74) is 7.53. The van der Waals surface area contributed by atoms with Gasteiger partial charge in [0.2, 0.25) is 0 Å². The fourth-order valence-electron chi connectivity index (χ4n) is 3.43. The van der Waals surface area contributed by atoms with E-state index in [0.29, 0.717) is 24.1 Å². The molecule has 1 saturated heterocycles. The summed E-state index contributed by atoms with van der Waals surface area (Å²) in [6.07, 6.45) is 2.09. The normalized spacial score (nSPS) is 20.5. The van der Waals surface area contributed by atoms with Gasteiger partial charge in [-0.25, -0.2) is 4.98 Å². The Labute approximate surface area is 153 Å². The average Bonchev–Trinajstić information content (AvgIpc) is 3.10. The lowest BCUT2D eigenvalue weighted by Crippen LogP contribution is -2.43.